The Kier molecular flexibility index (Phi) is 17.5. The average Bonchev–Trinajstić information content (AvgIpc) is 2.90. The Balaban J connectivity index is 5.35. The Bertz CT molecular complexity index is 1040. The lowest BCUT2D eigenvalue weighted by molar-refractivity contribution is -0.142. The quantitative estimate of drug-likeness (QED) is 0.0616. The van der Waals surface area contributed by atoms with E-state index in [0.29, 0.717) is 5.75 Å². The number of aliphatic carboxylic acids is 3. The number of amides is 5. The summed E-state index contributed by atoms with van der Waals surface area (Å²) in [4.78, 5) is 96.1. The lowest BCUT2D eigenvalue weighted by atomic mass is 10.1. The Morgan fingerprint density at radius 2 is 1.19 bits per heavy atom. The van der Waals surface area contributed by atoms with Gasteiger partial charge in [-0.05, 0) is 45.6 Å². The number of hydrogen-bond acceptors (Lipinski definition) is 11. The van der Waals surface area contributed by atoms with Crippen molar-refractivity contribution in [1.82, 2.24) is 26.6 Å². The van der Waals surface area contributed by atoms with E-state index in [4.69, 9.17) is 15.9 Å². The van der Waals surface area contributed by atoms with Crippen LogP contribution in [0, 0.1) is 0 Å². The maximum atomic E-state index is 12.8. The van der Waals surface area contributed by atoms with E-state index in [1.165, 1.54) is 25.6 Å². The van der Waals surface area contributed by atoms with E-state index in [-0.39, 0.29) is 12.8 Å². The molecule has 0 aliphatic carbocycles. The van der Waals surface area contributed by atoms with Gasteiger partial charge in [0.15, 0.2) is 0 Å². The van der Waals surface area contributed by atoms with Crippen molar-refractivity contribution in [2.75, 3.05) is 12.0 Å². The maximum Gasteiger partial charge on any atom is 0.326 e. The molecule has 0 spiro atoms. The predicted octanol–water partition coefficient (Wildman–Crippen LogP) is -3.66. The van der Waals surface area contributed by atoms with E-state index in [9.17, 15) is 48.6 Å². The van der Waals surface area contributed by atoms with Crippen LogP contribution in [0.1, 0.15) is 46.5 Å². The molecule has 0 saturated carbocycles. The molecule has 0 heterocycles. The fraction of sp³-hybridized carbons (Fsp3) is 0.667. The average molecular weight is 637 g/mol. The highest BCUT2D eigenvalue weighted by Gasteiger charge is 2.33. The second-order valence-corrected chi connectivity index (χ2v) is 10.6. The number of aliphatic hydroxyl groups excluding tert-OH is 1. The minimum atomic E-state index is -1.76. The first-order chi connectivity index (χ1) is 19.9. The van der Waals surface area contributed by atoms with Gasteiger partial charge in [-0.3, -0.25) is 33.6 Å². The largest absolute Gasteiger partial charge is 0.481 e. The molecule has 19 heteroatoms. The molecule has 0 aromatic carbocycles. The molecule has 0 radical (unpaired) electrons. The van der Waals surface area contributed by atoms with Crippen molar-refractivity contribution in [3.63, 3.8) is 0 Å². The lowest BCUT2D eigenvalue weighted by Crippen LogP contribution is -2.61. The Morgan fingerprint density at radius 3 is 1.65 bits per heavy atom. The van der Waals surface area contributed by atoms with Gasteiger partial charge in [-0.2, -0.15) is 11.8 Å². The molecule has 0 rings (SSSR count). The number of hydrogen-bond donors (Lipinski definition) is 10. The zero-order valence-electron chi connectivity index (χ0n) is 24.1. The Labute approximate surface area is 251 Å². The van der Waals surface area contributed by atoms with Gasteiger partial charge in [0, 0.05) is 6.42 Å². The third-order valence-corrected chi connectivity index (χ3v) is 6.45. The standard InChI is InChI=1S/C24H40N6O12S/c1-10(19(36)26-11(2)20(37)28-14(24(41)42)7-8-43-4)27-23(40)18(12(3)31)30-22(39)15(9-17(34)35)29-21(38)13(25)5-6-16(32)33/h10-15,18,31H,5-9,25H2,1-4H3,(H,26,36)(H,27,40)(H,28,37)(H,29,38)(H,30,39)(H,32,33)(H,34,35)(H,41,42)/t10-,11-,12+,13-,14-,15-,18-/m0/s1. The van der Waals surface area contributed by atoms with Crippen LogP contribution >= 0.6 is 11.8 Å². The van der Waals surface area contributed by atoms with Crippen molar-refractivity contribution >= 4 is 59.2 Å². The van der Waals surface area contributed by atoms with Crippen molar-refractivity contribution in [3.8, 4) is 0 Å². The van der Waals surface area contributed by atoms with Crippen molar-refractivity contribution in [2.45, 2.75) is 88.8 Å². The van der Waals surface area contributed by atoms with Crippen LogP contribution in [0.3, 0.4) is 0 Å². The summed E-state index contributed by atoms with van der Waals surface area (Å²) in [6.45, 7) is 3.63. The number of aliphatic hydroxyl groups is 1. The summed E-state index contributed by atoms with van der Waals surface area (Å²) in [5.41, 5.74) is 5.59. The highest BCUT2D eigenvalue weighted by atomic mass is 32.2. The van der Waals surface area contributed by atoms with Gasteiger partial charge >= 0.3 is 17.9 Å². The van der Waals surface area contributed by atoms with Crippen molar-refractivity contribution in [1.29, 1.82) is 0 Å². The van der Waals surface area contributed by atoms with Crippen LogP contribution in [0.5, 0.6) is 0 Å². The molecular formula is C24H40N6O12S. The van der Waals surface area contributed by atoms with Crippen molar-refractivity contribution in [2.24, 2.45) is 5.73 Å². The molecule has 0 saturated heterocycles. The van der Waals surface area contributed by atoms with E-state index in [1.54, 1.807) is 6.26 Å². The Hall–Kier alpha value is -3.97. The van der Waals surface area contributed by atoms with Crippen LogP contribution in [0.2, 0.25) is 0 Å². The molecule has 18 nitrogen and oxygen atoms in total. The molecule has 0 fully saturated rings. The smallest absolute Gasteiger partial charge is 0.326 e. The molecule has 5 amide bonds. The minimum absolute atomic E-state index is 0.149. The summed E-state index contributed by atoms with van der Waals surface area (Å²) in [6, 6.07) is -8.58. The number of nitrogens with two attached hydrogens (primary N) is 1. The highest BCUT2D eigenvalue weighted by molar-refractivity contribution is 7.98. The number of thioether (sulfide) groups is 1. The van der Waals surface area contributed by atoms with Crippen LogP contribution in [0.25, 0.3) is 0 Å². The van der Waals surface area contributed by atoms with E-state index < -0.39 is 103 Å². The zero-order valence-corrected chi connectivity index (χ0v) is 24.9. The fourth-order valence-corrected chi connectivity index (χ4v) is 3.77. The lowest BCUT2D eigenvalue weighted by Gasteiger charge is -2.26. The highest BCUT2D eigenvalue weighted by Crippen LogP contribution is 2.04. The number of carboxylic acids is 3. The van der Waals surface area contributed by atoms with E-state index in [2.05, 4.69) is 26.6 Å². The second-order valence-electron chi connectivity index (χ2n) is 9.57. The maximum absolute atomic E-state index is 12.8. The summed E-state index contributed by atoms with van der Waals surface area (Å²) >= 11 is 1.38. The topological polar surface area (TPSA) is 304 Å². The van der Waals surface area contributed by atoms with Crippen LogP contribution in [0.15, 0.2) is 0 Å². The monoisotopic (exact) mass is 636 g/mol. The van der Waals surface area contributed by atoms with Gasteiger partial charge < -0.3 is 52.7 Å². The number of nitrogens with one attached hydrogen (secondary N) is 5. The van der Waals surface area contributed by atoms with Gasteiger partial charge in [-0.25, -0.2) is 4.79 Å². The summed E-state index contributed by atoms with van der Waals surface area (Å²) in [5.74, 6) is -8.49. The number of carbonyl (C=O) groups is 8. The Morgan fingerprint density at radius 1 is 0.674 bits per heavy atom. The molecular weight excluding hydrogens is 596 g/mol. The molecule has 43 heavy (non-hydrogen) atoms. The molecule has 7 atom stereocenters. The van der Waals surface area contributed by atoms with Crippen molar-refractivity contribution < 1.29 is 58.8 Å². The normalized spacial score (nSPS) is 15.7. The number of carboxylic acid groups (broad SMARTS) is 3. The first-order valence-corrected chi connectivity index (χ1v) is 14.4. The van der Waals surface area contributed by atoms with Crippen LogP contribution in [0.4, 0.5) is 0 Å². The van der Waals surface area contributed by atoms with Crippen LogP contribution in [-0.2, 0) is 38.4 Å². The first kappa shape index (κ1) is 39.0. The van der Waals surface area contributed by atoms with Crippen LogP contribution in [-0.4, -0.2) is 122 Å². The van der Waals surface area contributed by atoms with Gasteiger partial charge in [0.05, 0.1) is 18.6 Å². The molecule has 0 aromatic heterocycles. The van der Waals surface area contributed by atoms with Gasteiger partial charge in [-0.1, -0.05) is 0 Å². The first-order valence-electron chi connectivity index (χ1n) is 13.0. The van der Waals surface area contributed by atoms with E-state index in [1.807, 2.05) is 0 Å². The number of carbonyl (C=O) groups excluding carboxylic acids is 5. The van der Waals surface area contributed by atoms with Crippen molar-refractivity contribution in [3.05, 3.63) is 0 Å². The van der Waals surface area contributed by atoms with Crippen LogP contribution < -0.4 is 32.3 Å². The predicted molar refractivity (Wildman–Crippen MR) is 150 cm³/mol. The zero-order chi connectivity index (χ0) is 33.4. The summed E-state index contributed by atoms with van der Waals surface area (Å²) in [7, 11) is 0. The number of rotatable bonds is 20. The minimum Gasteiger partial charge on any atom is -0.481 e. The second kappa shape index (κ2) is 19.3. The van der Waals surface area contributed by atoms with Gasteiger partial charge in [0.1, 0.15) is 30.2 Å². The summed E-state index contributed by atoms with van der Waals surface area (Å²) in [5, 5.41) is 48.2. The SMILES string of the molecule is CSCC[C@H](NC(=O)[C@H](C)NC(=O)[C@H](C)NC(=O)[C@@H](NC(=O)[C@H](CC(=O)O)NC(=O)[C@@H](N)CCC(=O)O)[C@@H](C)O)C(=O)O. The third kappa shape index (κ3) is 15.2. The molecule has 11 N–H and O–H groups in total. The van der Waals surface area contributed by atoms with E-state index >= 15 is 0 Å². The third-order valence-electron chi connectivity index (χ3n) is 5.81. The summed E-state index contributed by atoms with van der Waals surface area (Å²) < 4.78 is 0. The molecule has 0 aliphatic rings. The molecule has 0 aromatic rings. The summed E-state index contributed by atoms with van der Waals surface area (Å²) in [6.07, 6.45) is -1.38. The van der Waals surface area contributed by atoms with Gasteiger partial charge in [-0.15, -0.1) is 0 Å². The molecule has 244 valence electrons. The van der Waals surface area contributed by atoms with E-state index in [0.717, 1.165) is 6.92 Å². The fourth-order valence-electron chi connectivity index (χ4n) is 3.29. The molecule has 0 aliphatic heterocycles. The van der Waals surface area contributed by atoms with Gasteiger partial charge in [0.25, 0.3) is 0 Å². The molecule has 0 bridgehead atoms. The molecule has 0 unspecified atom stereocenters. The van der Waals surface area contributed by atoms with Gasteiger partial charge in [0.2, 0.25) is 29.5 Å².